The molecule has 3 nitrogen and oxygen atoms in total. The predicted molar refractivity (Wildman–Crippen MR) is 98.3 cm³/mol. The van der Waals surface area contributed by atoms with Crippen LogP contribution in [0.5, 0.6) is 0 Å². The van der Waals surface area contributed by atoms with Crippen molar-refractivity contribution in [3.8, 4) is 0 Å². The number of amides is 1. The molecule has 2 aromatic carbocycles. The Balaban J connectivity index is 1.91. The number of halogens is 4. The molecular formula is C20H20ClF3N2O. The molecule has 1 heterocycles. The monoisotopic (exact) mass is 396 g/mol. The minimum Gasteiger partial charge on any atom is -0.312 e. The molecule has 0 unspecified atom stereocenters. The van der Waals surface area contributed by atoms with Crippen LogP contribution < -0.4 is 5.32 Å². The Bertz CT molecular complexity index is 776. The van der Waals surface area contributed by atoms with E-state index in [1.54, 1.807) is 0 Å². The van der Waals surface area contributed by atoms with Crippen molar-refractivity contribution in [3.63, 3.8) is 0 Å². The molecule has 1 N–H and O–H groups in total. The summed E-state index contributed by atoms with van der Waals surface area (Å²) in [6.45, 7) is 0.816. The topological polar surface area (TPSA) is 32.3 Å². The molecule has 1 aliphatic heterocycles. The molecule has 1 aliphatic rings. The Morgan fingerprint density at radius 2 is 1.85 bits per heavy atom. The highest BCUT2D eigenvalue weighted by Gasteiger charge is 2.35. The molecule has 27 heavy (non-hydrogen) atoms. The smallest absolute Gasteiger partial charge is 0.312 e. The summed E-state index contributed by atoms with van der Waals surface area (Å²) in [5.41, 5.74) is -0.116. The Hall–Kier alpha value is -2.05. The van der Waals surface area contributed by atoms with Crippen LogP contribution in [0, 0.1) is 0 Å². The van der Waals surface area contributed by atoms with Crippen molar-refractivity contribution >= 4 is 17.7 Å². The van der Waals surface area contributed by atoms with Crippen LogP contribution in [0.2, 0.25) is 0 Å². The maximum absolute atomic E-state index is 13.0. The van der Waals surface area contributed by atoms with Gasteiger partial charge in [0.05, 0.1) is 11.6 Å². The summed E-state index contributed by atoms with van der Waals surface area (Å²) in [5, 5.41) is 3.38. The zero-order chi connectivity index (χ0) is 19.4. The number of carbonyl (C=O) groups excluding carboxylic acids is 1. The molecule has 2 aromatic rings. The van der Waals surface area contributed by atoms with E-state index in [2.05, 4.69) is 5.32 Å². The van der Waals surface area contributed by atoms with Crippen molar-refractivity contribution in [1.29, 1.82) is 0 Å². The van der Waals surface area contributed by atoms with Gasteiger partial charge in [-0.05, 0) is 43.1 Å². The number of benzene rings is 2. The van der Waals surface area contributed by atoms with Crippen molar-refractivity contribution in [2.75, 3.05) is 6.54 Å². The molecule has 0 radical (unpaired) electrons. The lowest BCUT2D eigenvalue weighted by Gasteiger charge is -2.36. The van der Waals surface area contributed by atoms with E-state index in [1.165, 1.54) is 12.1 Å². The van der Waals surface area contributed by atoms with Gasteiger partial charge in [0.15, 0.2) is 0 Å². The zero-order valence-electron chi connectivity index (χ0n) is 14.5. The SMILES string of the molecule is O=C(c1cccc(C(F)(F)F)c1)N(Cl)[C@@H](c1ccccc1)[C@@H]1CCCCN1. The van der Waals surface area contributed by atoms with Gasteiger partial charge in [-0.25, -0.2) is 4.42 Å². The molecule has 0 aromatic heterocycles. The fourth-order valence-electron chi connectivity index (χ4n) is 3.40. The van der Waals surface area contributed by atoms with Gasteiger partial charge < -0.3 is 5.32 Å². The van der Waals surface area contributed by atoms with Gasteiger partial charge in [0.1, 0.15) is 0 Å². The maximum Gasteiger partial charge on any atom is 0.416 e. The van der Waals surface area contributed by atoms with Crippen LogP contribution in [0.3, 0.4) is 0 Å². The van der Waals surface area contributed by atoms with Crippen molar-refractivity contribution < 1.29 is 18.0 Å². The largest absolute Gasteiger partial charge is 0.416 e. The number of hydrogen-bond donors (Lipinski definition) is 1. The van der Waals surface area contributed by atoms with Crippen LogP contribution in [0.4, 0.5) is 13.2 Å². The predicted octanol–water partition coefficient (Wildman–Crippen LogP) is 5.18. The van der Waals surface area contributed by atoms with Gasteiger partial charge in [-0.15, -0.1) is 0 Å². The molecule has 0 spiro atoms. The normalized spacial score (nSPS) is 18.7. The summed E-state index contributed by atoms with van der Waals surface area (Å²) < 4.78 is 40.0. The zero-order valence-corrected chi connectivity index (χ0v) is 15.3. The van der Waals surface area contributed by atoms with Crippen molar-refractivity contribution in [2.45, 2.75) is 37.5 Å². The molecule has 0 aliphatic carbocycles. The standard InChI is InChI=1S/C20H20ClF3N2O/c21-26(19(27)15-9-6-10-16(13-15)20(22,23)24)18(14-7-2-1-3-8-14)17-11-4-5-12-25-17/h1-3,6-10,13,17-18,25H,4-5,11-12H2/t17-,18-/m0/s1. The van der Waals surface area contributed by atoms with E-state index >= 15 is 0 Å². The van der Waals surface area contributed by atoms with E-state index in [4.69, 9.17) is 11.8 Å². The third-order valence-electron chi connectivity index (χ3n) is 4.75. The van der Waals surface area contributed by atoms with Crippen molar-refractivity contribution in [1.82, 2.24) is 9.74 Å². The van der Waals surface area contributed by atoms with Gasteiger partial charge in [0.2, 0.25) is 0 Å². The average molecular weight is 397 g/mol. The van der Waals surface area contributed by atoms with E-state index in [1.807, 2.05) is 30.3 Å². The van der Waals surface area contributed by atoms with Gasteiger partial charge in [0.25, 0.3) is 5.91 Å². The van der Waals surface area contributed by atoms with E-state index < -0.39 is 23.7 Å². The maximum atomic E-state index is 13.0. The number of hydrogen-bond acceptors (Lipinski definition) is 2. The second-order valence-electron chi connectivity index (χ2n) is 6.61. The Morgan fingerprint density at radius 3 is 2.48 bits per heavy atom. The van der Waals surface area contributed by atoms with E-state index in [-0.39, 0.29) is 11.6 Å². The van der Waals surface area contributed by atoms with Crippen LogP contribution >= 0.6 is 11.8 Å². The minimum absolute atomic E-state index is 0.0617. The first-order chi connectivity index (χ1) is 12.9. The quantitative estimate of drug-likeness (QED) is 0.722. The van der Waals surface area contributed by atoms with Crippen LogP contribution in [0.1, 0.15) is 46.8 Å². The minimum atomic E-state index is -4.52. The Morgan fingerprint density at radius 1 is 1.11 bits per heavy atom. The second kappa shape index (κ2) is 8.31. The van der Waals surface area contributed by atoms with Crippen molar-refractivity contribution in [2.24, 2.45) is 0 Å². The summed E-state index contributed by atoms with van der Waals surface area (Å²) in [5.74, 6) is -0.649. The molecule has 1 saturated heterocycles. The Kier molecular flexibility index (Phi) is 6.07. The van der Waals surface area contributed by atoms with Gasteiger partial charge in [-0.2, -0.15) is 13.2 Å². The summed E-state index contributed by atoms with van der Waals surface area (Å²) in [4.78, 5) is 12.9. The highest BCUT2D eigenvalue weighted by atomic mass is 35.5. The van der Waals surface area contributed by atoms with Crippen molar-refractivity contribution in [3.05, 3.63) is 71.3 Å². The number of piperidine rings is 1. The third-order valence-corrected chi connectivity index (χ3v) is 5.11. The van der Waals surface area contributed by atoms with Crippen LogP contribution in [-0.2, 0) is 6.18 Å². The summed E-state index contributed by atoms with van der Waals surface area (Å²) in [6, 6.07) is 13.1. The fourth-order valence-corrected chi connectivity index (χ4v) is 3.74. The lowest BCUT2D eigenvalue weighted by atomic mass is 9.92. The van der Waals surface area contributed by atoms with Crippen LogP contribution in [0.15, 0.2) is 54.6 Å². The molecule has 3 rings (SSSR count). The van der Waals surface area contributed by atoms with E-state index in [0.29, 0.717) is 0 Å². The van der Waals surface area contributed by atoms with E-state index in [9.17, 15) is 18.0 Å². The molecule has 144 valence electrons. The van der Waals surface area contributed by atoms with Gasteiger partial charge in [-0.3, -0.25) is 4.79 Å². The Labute approximate surface area is 161 Å². The van der Waals surface area contributed by atoms with E-state index in [0.717, 1.165) is 47.9 Å². The van der Waals surface area contributed by atoms with Gasteiger partial charge >= 0.3 is 6.18 Å². The summed E-state index contributed by atoms with van der Waals surface area (Å²) in [7, 11) is 0. The fraction of sp³-hybridized carbons (Fsp3) is 0.350. The number of carbonyl (C=O) groups is 1. The molecule has 0 saturated carbocycles. The molecule has 1 amide bonds. The van der Waals surface area contributed by atoms with Gasteiger partial charge in [-0.1, -0.05) is 42.8 Å². The molecule has 0 bridgehead atoms. The van der Waals surface area contributed by atoms with Crippen LogP contribution in [-0.4, -0.2) is 22.9 Å². The second-order valence-corrected chi connectivity index (χ2v) is 6.97. The first-order valence-electron chi connectivity index (χ1n) is 8.83. The summed E-state index contributed by atoms with van der Waals surface area (Å²) in [6.07, 6.45) is -1.64. The molecule has 7 heteroatoms. The lowest BCUT2D eigenvalue weighted by Crippen LogP contribution is -2.45. The highest BCUT2D eigenvalue weighted by Crippen LogP contribution is 2.33. The molecule has 1 fully saturated rings. The molecular weight excluding hydrogens is 377 g/mol. The number of rotatable bonds is 4. The third kappa shape index (κ3) is 4.62. The average Bonchev–Trinajstić information content (AvgIpc) is 2.68. The molecule has 2 atom stereocenters. The van der Waals surface area contributed by atoms with Crippen LogP contribution in [0.25, 0.3) is 0 Å². The summed E-state index contributed by atoms with van der Waals surface area (Å²) >= 11 is 6.43. The number of nitrogens with zero attached hydrogens (tertiary/aromatic N) is 1. The first kappa shape index (κ1) is 19.7. The number of alkyl halides is 3. The number of nitrogens with one attached hydrogen (secondary N) is 1. The first-order valence-corrected chi connectivity index (χ1v) is 9.16. The van der Waals surface area contributed by atoms with Gasteiger partial charge in [0, 0.05) is 23.4 Å². The lowest BCUT2D eigenvalue weighted by molar-refractivity contribution is -0.137. The highest BCUT2D eigenvalue weighted by molar-refractivity contribution is 6.24.